The highest BCUT2D eigenvalue weighted by molar-refractivity contribution is 7.80. The first-order chi connectivity index (χ1) is 10.4. The average Bonchev–Trinajstić information content (AvgIpc) is 2.44. The van der Waals surface area contributed by atoms with Crippen molar-refractivity contribution in [1.82, 2.24) is 0 Å². The van der Waals surface area contributed by atoms with Crippen LogP contribution in [0.1, 0.15) is 0 Å². The number of hydrogen-bond acceptors (Lipinski definition) is 3. The van der Waals surface area contributed by atoms with E-state index in [1.165, 1.54) is 6.07 Å². The fourth-order valence-corrected chi connectivity index (χ4v) is 2.13. The third-order valence-corrected chi connectivity index (χ3v) is 3.52. The minimum atomic E-state index is -0.918. The van der Waals surface area contributed by atoms with Gasteiger partial charge in [0.15, 0.2) is 5.11 Å². The van der Waals surface area contributed by atoms with Crippen molar-refractivity contribution in [2.24, 2.45) is 0 Å². The number of benzene rings is 2. The molecule has 0 amide bonds. The molecule has 22 heavy (non-hydrogen) atoms. The Hall–Kier alpha value is -1.96. The molecule has 0 radical (unpaired) electrons. The zero-order valence-corrected chi connectivity index (χ0v) is 13.1. The fourth-order valence-electron chi connectivity index (χ4n) is 1.60. The summed E-state index contributed by atoms with van der Waals surface area (Å²) < 4.78 is 13.2. The van der Waals surface area contributed by atoms with Crippen molar-refractivity contribution in [2.45, 2.75) is 0 Å². The molecule has 5 nitrogen and oxygen atoms in total. The first kappa shape index (κ1) is 16.4. The summed E-state index contributed by atoms with van der Waals surface area (Å²) in [5, 5.41) is 17.2. The first-order valence-electron chi connectivity index (χ1n) is 5.84. The van der Waals surface area contributed by atoms with Crippen LogP contribution in [-0.4, -0.2) is 10.0 Å². The Labute approximate surface area is 140 Å². The summed E-state index contributed by atoms with van der Waals surface area (Å²) in [6.45, 7) is 0. The zero-order chi connectivity index (χ0) is 16.3. The maximum absolute atomic E-state index is 13.2. The van der Waals surface area contributed by atoms with Gasteiger partial charge in [-0.25, -0.2) is 0 Å². The van der Waals surface area contributed by atoms with Gasteiger partial charge in [0, 0.05) is 17.4 Å². The number of nitrogens with zero attached hydrogens (tertiary/aromatic N) is 1. The molecule has 0 aliphatic carbocycles. The van der Waals surface area contributed by atoms with Crippen molar-refractivity contribution in [3.63, 3.8) is 0 Å². The van der Waals surface area contributed by atoms with E-state index in [0.29, 0.717) is 15.7 Å². The Balaban J connectivity index is 2.10. The normalized spacial score (nSPS) is 10.1. The quantitative estimate of drug-likeness (QED) is 0.465. The topological polar surface area (TPSA) is 67.2 Å². The molecule has 0 heterocycles. The van der Waals surface area contributed by atoms with E-state index >= 15 is 0 Å². The van der Waals surface area contributed by atoms with Gasteiger partial charge in [-0.1, -0.05) is 23.2 Å². The highest BCUT2D eigenvalue weighted by Gasteiger charge is 2.14. The van der Waals surface area contributed by atoms with Crippen LogP contribution in [0.25, 0.3) is 0 Å². The summed E-state index contributed by atoms with van der Waals surface area (Å²) in [6, 6.07) is 8.21. The first-order valence-corrected chi connectivity index (χ1v) is 7.00. The maximum atomic E-state index is 13.2. The smallest absolute Gasteiger partial charge is 0.306 e. The number of anilines is 2. The number of nitro benzene ring substituents is 1. The lowest BCUT2D eigenvalue weighted by molar-refractivity contribution is -0.387. The molecule has 2 rings (SSSR count). The molecule has 0 aliphatic heterocycles. The summed E-state index contributed by atoms with van der Waals surface area (Å²) in [7, 11) is 0. The molecule has 0 spiro atoms. The van der Waals surface area contributed by atoms with Gasteiger partial charge in [-0.15, -0.1) is 0 Å². The molecule has 0 aliphatic rings. The SMILES string of the molecule is O=[N+]([O-])c1cc(NC(=S)Nc2ccc(Cl)c(Cl)c2)ccc1F. The van der Waals surface area contributed by atoms with Crippen LogP contribution in [0, 0.1) is 15.9 Å². The largest absolute Gasteiger partial charge is 0.332 e. The summed E-state index contributed by atoms with van der Waals surface area (Å²) in [6.07, 6.45) is 0. The van der Waals surface area contributed by atoms with E-state index in [2.05, 4.69) is 10.6 Å². The number of nitrogens with one attached hydrogen (secondary N) is 2. The fraction of sp³-hybridized carbons (Fsp3) is 0. The third-order valence-electron chi connectivity index (χ3n) is 2.58. The van der Waals surface area contributed by atoms with Gasteiger partial charge in [0.05, 0.1) is 15.0 Å². The van der Waals surface area contributed by atoms with Crippen molar-refractivity contribution in [1.29, 1.82) is 0 Å². The van der Waals surface area contributed by atoms with Crippen LogP contribution in [-0.2, 0) is 0 Å². The lowest BCUT2D eigenvalue weighted by atomic mass is 10.2. The Morgan fingerprint density at radius 2 is 1.68 bits per heavy atom. The molecule has 0 bridgehead atoms. The second-order valence-corrected chi connectivity index (χ2v) is 5.35. The van der Waals surface area contributed by atoms with Gasteiger partial charge in [0.1, 0.15) is 0 Å². The highest BCUT2D eigenvalue weighted by Crippen LogP contribution is 2.25. The molecule has 0 atom stereocenters. The van der Waals surface area contributed by atoms with Crippen LogP contribution >= 0.6 is 35.4 Å². The van der Waals surface area contributed by atoms with Crippen molar-refractivity contribution in [3.05, 3.63) is 62.4 Å². The number of thiocarbonyl (C=S) groups is 1. The van der Waals surface area contributed by atoms with Crippen LogP contribution in [0.3, 0.4) is 0 Å². The molecule has 0 unspecified atom stereocenters. The Morgan fingerprint density at radius 1 is 1.09 bits per heavy atom. The second kappa shape index (κ2) is 6.87. The van der Waals surface area contributed by atoms with Gasteiger partial charge in [-0.2, -0.15) is 4.39 Å². The van der Waals surface area contributed by atoms with Gasteiger partial charge in [0.25, 0.3) is 0 Å². The zero-order valence-electron chi connectivity index (χ0n) is 10.8. The van der Waals surface area contributed by atoms with Crippen molar-refractivity contribution in [3.8, 4) is 0 Å². The summed E-state index contributed by atoms with van der Waals surface area (Å²) in [4.78, 5) is 9.87. The lowest BCUT2D eigenvalue weighted by Crippen LogP contribution is -2.19. The molecule has 2 aromatic rings. The van der Waals surface area contributed by atoms with E-state index in [1.807, 2.05) is 0 Å². The van der Waals surface area contributed by atoms with Gasteiger partial charge < -0.3 is 10.6 Å². The molecular weight excluding hydrogens is 352 g/mol. The van der Waals surface area contributed by atoms with Gasteiger partial charge >= 0.3 is 5.69 Å². The van der Waals surface area contributed by atoms with Crippen LogP contribution in [0.2, 0.25) is 10.0 Å². The molecule has 114 valence electrons. The predicted octanol–water partition coefficient (Wildman–Crippen LogP) is 4.85. The Morgan fingerprint density at radius 3 is 2.27 bits per heavy atom. The van der Waals surface area contributed by atoms with Gasteiger partial charge in [-0.05, 0) is 42.5 Å². The van der Waals surface area contributed by atoms with Crippen LogP contribution in [0.15, 0.2) is 36.4 Å². The van der Waals surface area contributed by atoms with E-state index in [0.717, 1.165) is 12.1 Å². The highest BCUT2D eigenvalue weighted by atomic mass is 35.5. The number of halogens is 3. The van der Waals surface area contributed by atoms with E-state index < -0.39 is 16.4 Å². The summed E-state index contributed by atoms with van der Waals surface area (Å²) in [5.74, 6) is -0.918. The molecule has 9 heteroatoms. The number of nitro groups is 1. The number of rotatable bonds is 3. The van der Waals surface area contributed by atoms with Gasteiger partial charge in [0.2, 0.25) is 5.82 Å². The summed E-state index contributed by atoms with van der Waals surface area (Å²) >= 11 is 16.8. The van der Waals surface area contributed by atoms with E-state index in [4.69, 9.17) is 35.4 Å². The minimum absolute atomic E-state index is 0.166. The van der Waals surface area contributed by atoms with Crippen molar-refractivity contribution in [2.75, 3.05) is 10.6 Å². The van der Waals surface area contributed by atoms with Crippen molar-refractivity contribution >= 4 is 57.6 Å². The van der Waals surface area contributed by atoms with Gasteiger partial charge in [-0.3, -0.25) is 10.1 Å². The molecule has 0 aromatic heterocycles. The Bertz CT molecular complexity index is 758. The molecule has 2 aromatic carbocycles. The summed E-state index contributed by atoms with van der Waals surface area (Å²) in [5.41, 5.74) is 0.233. The minimum Gasteiger partial charge on any atom is -0.332 e. The average molecular weight is 360 g/mol. The van der Waals surface area contributed by atoms with E-state index in [1.54, 1.807) is 18.2 Å². The van der Waals surface area contributed by atoms with Crippen LogP contribution in [0.4, 0.5) is 21.5 Å². The molecule has 0 fully saturated rings. The van der Waals surface area contributed by atoms with Crippen LogP contribution < -0.4 is 10.6 Å². The monoisotopic (exact) mass is 359 g/mol. The number of hydrogen-bond donors (Lipinski definition) is 2. The molecule has 0 saturated heterocycles. The third kappa shape index (κ3) is 4.03. The predicted molar refractivity (Wildman–Crippen MR) is 89.4 cm³/mol. The second-order valence-electron chi connectivity index (χ2n) is 4.13. The molecule has 0 saturated carbocycles. The molecular formula is C13H8Cl2FN3O2S. The van der Waals surface area contributed by atoms with E-state index in [-0.39, 0.29) is 10.8 Å². The molecule has 2 N–H and O–H groups in total. The maximum Gasteiger partial charge on any atom is 0.306 e. The standard InChI is InChI=1S/C13H8Cl2FN3O2S/c14-9-3-1-7(5-10(9)15)17-13(22)18-8-2-4-11(16)12(6-8)19(20)21/h1-6H,(H2,17,18,22). The van der Waals surface area contributed by atoms with Crippen molar-refractivity contribution < 1.29 is 9.31 Å². The lowest BCUT2D eigenvalue weighted by Gasteiger charge is -2.11. The van der Waals surface area contributed by atoms with E-state index in [9.17, 15) is 14.5 Å². The van der Waals surface area contributed by atoms with Crippen LogP contribution in [0.5, 0.6) is 0 Å². The Kier molecular flexibility index (Phi) is 5.12.